The summed E-state index contributed by atoms with van der Waals surface area (Å²) in [5.74, 6) is -1.54. The Labute approximate surface area is 117 Å². The van der Waals surface area contributed by atoms with Crippen LogP contribution in [0.3, 0.4) is 0 Å². The van der Waals surface area contributed by atoms with E-state index in [0.29, 0.717) is 0 Å². The molecule has 0 aromatic carbocycles. The quantitative estimate of drug-likeness (QED) is 0.618. The minimum absolute atomic E-state index is 0.487. The highest BCUT2D eigenvalue weighted by molar-refractivity contribution is 5.76. The first kappa shape index (κ1) is 15.6. The largest absolute Gasteiger partial charge is 0.468 e. The van der Waals surface area contributed by atoms with Gasteiger partial charge in [-0.25, -0.2) is 0 Å². The van der Waals surface area contributed by atoms with Gasteiger partial charge in [-0.1, -0.05) is 0 Å². The zero-order chi connectivity index (χ0) is 15.1. The second-order valence-electron chi connectivity index (χ2n) is 5.31. The topological polar surface area (TPSA) is 109 Å². The maximum Gasteiger partial charge on any atom is 0.325 e. The van der Waals surface area contributed by atoms with Crippen molar-refractivity contribution in [2.45, 2.75) is 56.4 Å². The molecular formula is C12H21NO7. The molecule has 0 amide bonds. The lowest BCUT2D eigenvalue weighted by Gasteiger charge is -2.27. The van der Waals surface area contributed by atoms with E-state index in [0.717, 1.165) is 0 Å². The number of methoxy groups -OCH3 is 2. The SMILES string of the molecule is COC(=O)[C@@H](N)[C@@H](O)[C@H]1O[C@@H](OC)[C@@H]2OC(C)(C)O[C@H]12. The third kappa shape index (κ3) is 2.67. The van der Waals surface area contributed by atoms with E-state index in [-0.39, 0.29) is 0 Å². The van der Waals surface area contributed by atoms with Gasteiger partial charge in [-0.3, -0.25) is 4.79 Å². The monoisotopic (exact) mass is 291 g/mol. The van der Waals surface area contributed by atoms with E-state index in [2.05, 4.69) is 4.74 Å². The van der Waals surface area contributed by atoms with Crippen molar-refractivity contribution in [2.24, 2.45) is 5.73 Å². The molecule has 2 aliphatic rings. The van der Waals surface area contributed by atoms with Gasteiger partial charge in [-0.05, 0) is 13.8 Å². The van der Waals surface area contributed by atoms with Crippen molar-refractivity contribution in [2.75, 3.05) is 14.2 Å². The van der Waals surface area contributed by atoms with Gasteiger partial charge in [0.1, 0.15) is 30.5 Å². The average molecular weight is 291 g/mol. The number of ether oxygens (including phenoxy) is 5. The fourth-order valence-electron chi connectivity index (χ4n) is 2.54. The summed E-state index contributed by atoms with van der Waals surface area (Å²) in [6.45, 7) is 3.50. The number of rotatable bonds is 4. The zero-order valence-corrected chi connectivity index (χ0v) is 11.9. The molecule has 20 heavy (non-hydrogen) atoms. The highest BCUT2D eigenvalue weighted by Crippen LogP contribution is 2.40. The average Bonchev–Trinajstić information content (AvgIpc) is 2.88. The lowest BCUT2D eigenvalue weighted by molar-refractivity contribution is -0.238. The summed E-state index contributed by atoms with van der Waals surface area (Å²) in [5.41, 5.74) is 5.65. The van der Waals surface area contributed by atoms with Crippen LogP contribution in [0, 0.1) is 0 Å². The number of aliphatic hydroxyl groups excluding tert-OH is 1. The fraction of sp³-hybridized carbons (Fsp3) is 0.917. The van der Waals surface area contributed by atoms with Crippen molar-refractivity contribution in [1.82, 2.24) is 0 Å². The number of hydrogen-bond acceptors (Lipinski definition) is 8. The summed E-state index contributed by atoms with van der Waals surface area (Å²) < 4.78 is 26.6. The molecule has 0 aliphatic carbocycles. The number of fused-ring (bicyclic) bond motifs is 1. The van der Waals surface area contributed by atoms with Crippen LogP contribution in [0.4, 0.5) is 0 Å². The molecule has 2 fully saturated rings. The Morgan fingerprint density at radius 1 is 1.30 bits per heavy atom. The molecule has 8 heteroatoms. The van der Waals surface area contributed by atoms with Gasteiger partial charge in [0.15, 0.2) is 12.1 Å². The molecule has 0 spiro atoms. The van der Waals surface area contributed by atoms with Gasteiger partial charge in [0.25, 0.3) is 0 Å². The Kier molecular flexibility index (Phi) is 4.33. The highest BCUT2D eigenvalue weighted by atomic mass is 16.8. The van der Waals surface area contributed by atoms with Crippen molar-refractivity contribution in [3.8, 4) is 0 Å². The van der Waals surface area contributed by atoms with Crippen LogP contribution in [0.25, 0.3) is 0 Å². The van der Waals surface area contributed by atoms with Gasteiger partial charge in [0.2, 0.25) is 0 Å². The highest BCUT2D eigenvalue weighted by Gasteiger charge is 2.58. The van der Waals surface area contributed by atoms with Gasteiger partial charge in [0, 0.05) is 7.11 Å². The first-order valence-electron chi connectivity index (χ1n) is 6.36. The molecule has 116 valence electrons. The molecule has 2 aliphatic heterocycles. The summed E-state index contributed by atoms with van der Waals surface area (Å²) in [6.07, 6.45) is -3.86. The molecular weight excluding hydrogens is 270 g/mol. The molecule has 8 nitrogen and oxygen atoms in total. The van der Waals surface area contributed by atoms with Crippen molar-refractivity contribution in [3.63, 3.8) is 0 Å². The molecule has 0 unspecified atom stereocenters. The third-order valence-electron chi connectivity index (χ3n) is 3.46. The Balaban J connectivity index is 2.14. The van der Waals surface area contributed by atoms with Crippen LogP contribution < -0.4 is 5.73 Å². The number of hydrogen-bond donors (Lipinski definition) is 2. The minimum Gasteiger partial charge on any atom is -0.468 e. The van der Waals surface area contributed by atoms with E-state index in [1.165, 1.54) is 14.2 Å². The van der Waals surface area contributed by atoms with Crippen LogP contribution in [0.1, 0.15) is 13.8 Å². The Morgan fingerprint density at radius 3 is 2.45 bits per heavy atom. The van der Waals surface area contributed by atoms with Crippen molar-refractivity contribution in [3.05, 3.63) is 0 Å². The van der Waals surface area contributed by atoms with Crippen LogP contribution in [-0.4, -0.2) is 67.8 Å². The third-order valence-corrected chi connectivity index (χ3v) is 3.46. The second kappa shape index (κ2) is 5.55. The Morgan fingerprint density at radius 2 is 1.90 bits per heavy atom. The molecule has 0 saturated carbocycles. The van der Waals surface area contributed by atoms with Crippen molar-refractivity contribution < 1.29 is 33.6 Å². The number of carbonyl (C=O) groups excluding carboxylic acids is 1. The number of esters is 1. The first-order valence-corrected chi connectivity index (χ1v) is 6.36. The van der Waals surface area contributed by atoms with Crippen molar-refractivity contribution >= 4 is 5.97 Å². The van der Waals surface area contributed by atoms with E-state index in [4.69, 9.17) is 24.7 Å². The maximum absolute atomic E-state index is 11.4. The summed E-state index contributed by atoms with van der Waals surface area (Å²) in [6, 6.07) is -1.23. The lowest BCUT2D eigenvalue weighted by Crippen LogP contribution is -2.52. The molecule has 2 saturated heterocycles. The van der Waals surface area contributed by atoms with Crippen molar-refractivity contribution in [1.29, 1.82) is 0 Å². The summed E-state index contributed by atoms with van der Waals surface area (Å²) in [7, 11) is 2.66. The first-order chi connectivity index (χ1) is 9.30. The standard InChI is InChI=1S/C12H21NO7/c1-12(2)19-8-7(6(14)5(13)10(15)16-3)18-11(17-4)9(8)20-12/h5-9,11,14H,13H2,1-4H3/t5-,6+,7+,8+,9+,11+/m0/s1. The minimum atomic E-state index is -1.28. The summed E-state index contributed by atoms with van der Waals surface area (Å²) in [4.78, 5) is 11.4. The molecule has 2 rings (SSSR count). The zero-order valence-electron chi connectivity index (χ0n) is 11.9. The summed E-state index contributed by atoms with van der Waals surface area (Å²) >= 11 is 0. The van der Waals surface area contributed by atoms with Crippen LogP contribution in [0.15, 0.2) is 0 Å². The smallest absolute Gasteiger partial charge is 0.325 e. The Hall–Kier alpha value is -0.770. The van der Waals surface area contributed by atoms with E-state index in [1.54, 1.807) is 13.8 Å². The molecule has 2 heterocycles. The molecule has 0 radical (unpaired) electrons. The predicted molar refractivity (Wildman–Crippen MR) is 65.5 cm³/mol. The van der Waals surface area contributed by atoms with E-state index in [1.807, 2.05) is 0 Å². The normalized spacial score (nSPS) is 38.3. The van der Waals surface area contributed by atoms with Crippen LogP contribution in [0.5, 0.6) is 0 Å². The van der Waals surface area contributed by atoms with E-state index in [9.17, 15) is 9.90 Å². The fourth-order valence-corrected chi connectivity index (χ4v) is 2.54. The predicted octanol–water partition coefficient (Wildman–Crippen LogP) is -1.26. The van der Waals surface area contributed by atoms with Crippen LogP contribution in [0.2, 0.25) is 0 Å². The van der Waals surface area contributed by atoms with Crippen LogP contribution in [-0.2, 0) is 28.5 Å². The summed E-state index contributed by atoms with van der Waals surface area (Å²) in [5, 5.41) is 10.2. The molecule has 0 aromatic heterocycles. The van der Waals surface area contributed by atoms with Gasteiger partial charge in [0.05, 0.1) is 7.11 Å². The Bertz CT molecular complexity index is 375. The maximum atomic E-state index is 11.4. The number of carbonyl (C=O) groups is 1. The van der Waals surface area contributed by atoms with Crippen LogP contribution >= 0.6 is 0 Å². The molecule has 3 N–H and O–H groups in total. The van der Waals surface area contributed by atoms with Gasteiger partial charge < -0.3 is 34.5 Å². The van der Waals surface area contributed by atoms with Gasteiger partial charge >= 0.3 is 5.97 Å². The second-order valence-corrected chi connectivity index (χ2v) is 5.31. The molecule has 0 aromatic rings. The van der Waals surface area contributed by atoms with Gasteiger partial charge in [-0.15, -0.1) is 0 Å². The van der Waals surface area contributed by atoms with E-state index < -0.39 is 48.5 Å². The molecule has 0 bridgehead atoms. The number of aliphatic hydroxyl groups is 1. The lowest BCUT2D eigenvalue weighted by atomic mass is 10.0. The molecule has 6 atom stereocenters. The van der Waals surface area contributed by atoms with E-state index >= 15 is 0 Å². The number of nitrogens with two attached hydrogens (primary N) is 1. The van der Waals surface area contributed by atoms with Gasteiger partial charge in [-0.2, -0.15) is 0 Å².